The van der Waals surface area contributed by atoms with E-state index in [1.54, 1.807) is 0 Å². The van der Waals surface area contributed by atoms with Gasteiger partial charge in [0.1, 0.15) is 11.6 Å². The number of carbonyl (C=O) groups is 1. The normalized spacial score (nSPS) is 16.1. The Morgan fingerprint density at radius 2 is 1.94 bits per heavy atom. The van der Waals surface area contributed by atoms with Gasteiger partial charge in [-0.2, -0.15) is 0 Å². The van der Waals surface area contributed by atoms with Crippen LogP contribution in [0, 0.1) is 17.6 Å². The molecule has 0 saturated carbocycles. The summed E-state index contributed by atoms with van der Waals surface area (Å²) in [5.74, 6) is -1.35. The Bertz CT molecular complexity index is 444. The third kappa shape index (κ3) is 1.84. The van der Waals surface area contributed by atoms with E-state index in [-0.39, 0.29) is 10.0 Å². The summed E-state index contributed by atoms with van der Waals surface area (Å²) in [4.78, 5) is 13.4. The highest BCUT2D eigenvalue weighted by Gasteiger charge is 2.31. The van der Waals surface area contributed by atoms with E-state index in [1.165, 1.54) is 4.90 Å². The summed E-state index contributed by atoms with van der Waals surface area (Å²) in [6, 6.07) is 1.96. The lowest BCUT2D eigenvalue weighted by atomic mass is 10.0. The lowest BCUT2D eigenvalue weighted by molar-refractivity contribution is 0.0524. The smallest absolute Gasteiger partial charge is 0.258 e. The number of hydrogen-bond donors (Lipinski definition) is 0. The molecule has 16 heavy (non-hydrogen) atoms. The predicted molar refractivity (Wildman–Crippen MR) is 59.1 cm³/mol. The molecule has 1 aliphatic rings. The van der Waals surface area contributed by atoms with Gasteiger partial charge in [-0.15, -0.1) is 0 Å². The van der Waals surface area contributed by atoms with Crippen LogP contribution in [0.2, 0.25) is 0 Å². The summed E-state index contributed by atoms with van der Waals surface area (Å²) in [7, 11) is 0. The fourth-order valence-electron chi connectivity index (χ4n) is 1.75. The number of likely N-dealkylation sites (tertiary alicyclic amines) is 1. The van der Waals surface area contributed by atoms with Crippen molar-refractivity contribution in [2.24, 2.45) is 5.92 Å². The topological polar surface area (TPSA) is 20.3 Å². The number of amides is 1. The number of hydrogen-bond acceptors (Lipinski definition) is 1. The minimum Gasteiger partial charge on any atom is -0.338 e. The SMILES string of the molecule is CC1CN(C(=O)c2c(F)ccc(F)c2Br)C1. The Morgan fingerprint density at radius 1 is 1.38 bits per heavy atom. The van der Waals surface area contributed by atoms with Gasteiger partial charge >= 0.3 is 0 Å². The quantitative estimate of drug-likeness (QED) is 0.728. The molecule has 5 heteroatoms. The molecule has 86 valence electrons. The number of benzene rings is 1. The molecule has 0 unspecified atom stereocenters. The standard InChI is InChI=1S/C11H10BrF2NO/c1-6-4-15(5-6)11(16)9-7(13)2-3-8(14)10(9)12/h2-3,6H,4-5H2,1H3. The monoisotopic (exact) mass is 289 g/mol. The summed E-state index contributed by atoms with van der Waals surface area (Å²) in [6.45, 7) is 3.20. The minimum absolute atomic E-state index is 0.1000. The van der Waals surface area contributed by atoms with Gasteiger partial charge in [0.25, 0.3) is 5.91 Å². The molecule has 0 aliphatic carbocycles. The highest BCUT2D eigenvalue weighted by Crippen LogP contribution is 2.27. The molecule has 1 aliphatic heterocycles. The van der Waals surface area contributed by atoms with Crippen LogP contribution in [-0.4, -0.2) is 23.9 Å². The molecule has 0 spiro atoms. The highest BCUT2D eigenvalue weighted by atomic mass is 79.9. The number of nitrogens with zero attached hydrogens (tertiary/aromatic N) is 1. The molecule has 0 radical (unpaired) electrons. The highest BCUT2D eigenvalue weighted by molar-refractivity contribution is 9.10. The summed E-state index contributed by atoms with van der Waals surface area (Å²) in [6.07, 6.45) is 0. The molecule has 0 bridgehead atoms. The molecular weight excluding hydrogens is 280 g/mol. The Balaban J connectivity index is 2.33. The van der Waals surface area contributed by atoms with Crippen LogP contribution < -0.4 is 0 Å². The summed E-state index contributed by atoms with van der Waals surface area (Å²) in [5.41, 5.74) is -0.216. The fraction of sp³-hybridized carbons (Fsp3) is 0.364. The predicted octanol–water partition coefficient (Wildman–Crippen LogP) is 2.82. The molecule has 1 fully saturated rings. The van der Waals surface area contributed by atoms with Gasteiger partial charge in [0.05, 0.1) is 10.0 Å². The summed E-state index contributed by atoms with van der Waals surface area (Å²) >= 11 is 2.91. The van der Waals surface area contributed by atoms with Crippen molar-refractivity contribution < 1.29 is 13.6 Å². The van der Waals surface area contributed by atoms with E-state index >= 15 is 0 Å². The first-order valence-corrected chi connectivity index (χ1v) is 5.72. The second-order valence-electron chi connectivity index (χ2n) is 4.03. The number of rotatable bonds is 1. The summed E-state index contributed by atoms with van der Waals surface area (Å²) in [5, 5.41) is 0. The van der Waals surface area contributed by atoms with E-state index in [9.17, 15) is 13.6 Å². The second kappa shape index (κ2) is 4.13. The largest absolute Gasteiger partial charge is 0.338 e. The molecule has 2 nitrogen and oxygen atoms in total. The molecule has 0 aromatic heterocycles. The first-order valence-electron chi connectivity index (χ1n) is 4.93. The molecule has 1 aromatic carbocycles. The molecule has 1 heterocycles. The molecule has 0 N–H and O–H groups in total. The maximum Gasteiger partial charge on any atom is 0.258 e. The van der Waals surface area contributed by atoms with E-state index in [2.05, 4.69) is 15.9 Å². The average molecular weight is 290 g/mol. The van der Waals surface area contributed by atoms with Crippen molar-refractivity contribution >= 4 is 21.8 Å². The molecule has 1 amide bonds. The molecular formula is C11H10BrF2NO. The lowest BCUT2D eigenvalue weighted by Gasteiger charge is -2.37. The third-order valence-electron chi connectivity index (χ3n) is 2.61. The van der Waals surface area contributed by atoms with Crippen molar-refractivity contribution in [3.8, 4) is 0 Å². The Labute approximate surface area is 100 Å². The first-order chi connectivity index (χ1) is 7.50. The molecule has 2 rings (SSSR count). The van der Waals surface area contributed by atoms with Crippen molar-refractivity contribution in [3.63, 3.8) is 0 Å². The third-order valence-corrected chi connectivity index (χ3v) is 3.38. The van der Waals surface area contributed by atoms with Gasteiger partial charge in [0.2, 0.25) is 0 Å². The van der Waals surface area contributed by atoms with Crippen LogP contribution in [0.25, 0.3) is 0 Å². The van der Waals surface area contributed by atoms with E-state index in [4.69, 9.17) is 0 Å². The van der Waals surface area contributed by atoms with Crippen molar-refractivity contribution in [2.75, 3.05) is 13.1 Å². The van der Waals surface area contributed by atoms with Crippen molar-refractivity contribution in [1.82, 2.24) is 4.90 Å². The minimum atomic E-state index is -0.696. The zero-order valence-corrected chi connectivity index (χ0v) is 10.2. The number of carbonyl (C=O) groups excluding carboxylic acids is 1. The van der Waals surface area contributed by atoms with Crippen molar-refractivity contribution in [2.45, 2.75) is 6.92 Å². The van der Waals surface area contributed by atoms with Crippen LogP contribution in [0.15, 0.2) is 16.6 Å². The van der Waals surface area contributed by atoms with Gasteiger partial charge in [0.15, 0.2) is 0 Å². The van der Waals surface area contributed by atoms with Crippen LogP contribution in [0.4, 0.5) is 8.78 Å². The van der Waals surface area contributed by atoms with E-state index in [0.717, 1.165) is 12.1 Å². The lowest BCUT2D eigenvalue weighted by Crippen LogP contribution is -2.49. The molecule has 0 atom stereocenters. The van der Waals surface area contributed by atoms with Gasteiger partial charge in [0, 0.05) is 13.1 Å². The molecule has 1 saturated heterocycles. The van der Waals surface area contributed by atoms with E-state index < -0.39 is 17.5 Å². The summed E-state index contributed by atoms with van der Waals surface area (Å²) < 4.78 is 26.6. The first kappa shape index (κ1) is 11.5. The van der Waals surface area contributed by atoms with Crippen LogP contribution in [0.5, 0.6) is 0 Å². The molecule has 1 aromatic rings. The van der Waals surface area contributed by atoms with E-state index in [1.807, 2.05) is 6.92 Å². The van der Waals surface area contributed by atoms with Crippen molar-refractivity contribution in [1.29, 1.82) is 0 Å². The van der Waals surface area contributed by atoms with Gasteiger partial charge < -0.3 is 4.90 Å². The zero-order valence-electron chi connectivity index (χ0n) is 8.64. The Hall–Kier alpha value is -0.970. The van der Waals surface area contributed by atoms with E-state index in [0.29, 0.717) is 19.0 Å². The van der Waals surface area contributed by atoms with Crippen LogP contribution >= 0.6 is 15.9 Å². The fourth-order valence-corrected chi connectivity index (χ4v) is 2.24. The van der Waals surface area contributed by atoms with Crippen molar-refractivity contribution in [3.05, 3.63) is 33.8 Å². The van der Waals surface area contributed by atoms with Crippen LogP contribution in [0.3, 0.4) is 0 Å². The van der Waals surface area contributed by atoms with Crippen LogP contribution in [0.1, 0.15) is 17.3 Å². The maximum absolute atomic E-state index is 13.5. The zero-order chi connectivity index (χ0) is 11.9. The van der Waals surface area contributed by atoms with Gasteiger partial charge in [-0.25, -0.2) is 8.78 Å². The second-order valence-corrected chi connectivity index (χ2v) is 4.83. The Morgan fingerprint density at radius 3 is 2.50 bits per heavy atom. The van der Waals surface area contributed by atoms with Gasteiger partial charge in [-0.1, -0.05) is 6.92 Å². The average Bonchev–Trinajstić information content (AvgIpc) is 2.19. The van der Waals surface area contributed by atoms with Gasteiger partial charge in [-0.3, -0.25) is 4.79 Å². The number of halogens is 3. The van der Waals surface area contributed by atoms with Gasteiger partial charge in [-0.05, 0) is 34.0 Å². The van der Waals surface area contributed by atoms with Crippen LogP contribution in [-0.2, 0) is 0 Å². The maximum atomic E-state index is 13.5. The Kier molecular flexibility index (Phi) is 2.97.